The highest BCUT2D eigenvalue weighted by atomic mass is 16.7. The molecule has 1 aromatic carbocycles. The molecule has 1 aromatic heterocycles. The van der Waals surface area contributed by atoms with E-state index in [1.54, 1.807) is 12.4 Å². The molecule has 2 aliphatic heterocycles. The molecule has 6 heteroatoms. The van der Waals surface area contributed by atoms with Gasteiger partial charge in [-0.15, -0.1) is 0 Å². The molecular formula is C20H23N3O3. The van der Waals surface area contributed by atoms with Crippen LogP contribution >= 0.6 is 0 Å². The summed E-state index contributed by atoms with van der Waals surface area (Å²) in [5.41, 5.74) is 1.49. The summed E-state index contributed by atoms with van der Waals surface area (Å²) in [7, 11) is 0. The number of rotatable bonds is 3. The van der Waals surface area contributed by atoms with Crippen molar-refractivity contribution in [1.82, 2.24) is 9.88 Å². The van der Waals surface area contributed by atoms with Crippen LogP contribution in [-0.2, 0) is 10.2 Å². The van der Waals surface area contributed by atoms with Crippen LogP contribution in [0.15, 0.2) is 42.7 Å². The summed E-state index contributed by atoms with van der Waals surface area (Å²) in [4.78, 5) is 21.5. The average Bonchev–Trinajstić information content (AvgIpc) is 3.16. The molecule has 1 saturated heterocycles. The van der Waals surface area contributed by atoms with E-state index in [1.165, 1.54) is 0 Å². The largest absolute Gasteiger partial charge is 0.454 e. The van der Waals surface area contributed by atoms with E-state index in [-0.39, 0.29) is 12.7 Å². The molecule has 1 amide bonds. The Morgan fingerprint density at radius 2 is 1.69 bits per heavy atom. The minimum Gasteiger partial charge on any atom is -0.454 e. The molecule has 0 bridgehead atoms. The van der Waals surface area contributed by atoms with E-state index in [4.69, 9.17) is 9.47 Å². The molecular weight excluding hydrogens is 330 g/mol. The number of fused-ring (bicyclic) bond motifs is 1. The van der Waals surface area contributed by atoms with Crippen LogP contribution in [0.5, 0.6) is 11.5 Å². The molecule has 0 spiro atoms. The third kappa shape index (κ3) is 2.96. The lowest BCUT2D eigenvalue weighted by molar-refractivity contribution is -0.136. The van der Waals surface area contributed by atoms with Gasteiger partial charge in [0.25, 0.3) is 0 Å². The zero-order chi connectivity index (χ0) is 18.1. The van der Waals surface area contributed by atoms with Crippen LogP contribution in [0.3, 0.4) is 0 Å². The van der Waals surface area contributed by atoms with E-state index in [1.807, 2.05) is 49.1 Å². The predicted molar refractivity (Wildman–Crippen MR) is 98.6 cm³/mol. The zero-order valence-electron chi connectivity index (χ0n) is 15.1. The Morgan fingerprint density at radius 3 is 2.42 bits per heavy atom. The maximum atomic E-state index is 13.2. The van der Waals surface area contributed by atoms with Crippen LogP contribution in [0.2, 0.25) is 0 Å². The first kappa shape index (κ1) is 16.7. The van der Waals surface area contributed by atoms with E-state index >= 15 is 0 Å². The van der Waals surface area contributed by atoms with Crippen molar-refractivity contribution in [1.29, 1.82) is 0 Å². The van der Waals surface area contributed by atoms with Gasteiger partial charge < -0.3 is 19.3 Å². The number of ether oxygens (including phenoxy) is 2. The van der Waals surface area contributed by atoms with Crippen LogP contribution in [0, 0.1) is 0 Å². The van der Waals surface area contributed by atoms with Gasteiger partial charge in [0.15, 0.2) is 11.5 Å². The molecule has 26 heavy (non-hydrogen) atoms. The number of nitrogens with zero attached hydrogens (tertiary/aromatic N) is 3. The van der Waals surface area contributed by atoms with Crippen molar-refractivity contribution in [2.75, 3.05) is 37.9 Å². The molecule has 0 unspecified atom stereocenters. The smallest absolute Gasteiger partial charge is 0.232 e. The summed E-state index contributed by atoms with van der Waals surface area (Å²) in [6, 6.07) is 9.78. The Hall–Kier alpha value is -2.76. The molecule has 3 heterocycles. The monoisotopic (exact) mass is 353 g/mol. The van der Waals surface area contributed by atoms with Gasteiger partial charge in [0.1, 0.15) is 0 Å². The first-order valence-corrected chi connectivity index (χ1v) is 8.90. The standard InChI is InChI=1S/C20H23N3O3/c1-20(2,15-3-4-17-18(13-15)26-14-25-17)19(24)23-11-9-22(10-12-23)16-5-7-21-8-6-16/h3-8,13H,9-12,14H2,1-2H3. The summed E-state index contributed by atoms with van der Waals surface area (Å²) in [6.07, 6.45) is 3.60. The normalized spacial score (nSPS) is 16.7. The van der Waals surface area contributed by atoms with E-state index in [0.717, 1.165) is 43.2 Å². The number of carbonyl (C=O) groups excluding carboxylic acids is 1. The van der Waals surface area contributed by atoms with Gasteiger partial charge >= 0.3 is 0 Å². The highest BCUT2D eigenvalue weighted by Gasteiger charge is 2.36. The summed E-state index contributed by atoms with van der Waals surface area (Å²) in [5.74, 6) is 1.60. The second-order valence-electron chi connectivity index (χ2n) is 7.18. The SMILES string of the molecule is CC(C)(C(=O)N1CCN(c2ccncc2)CC1)c1ccc2c(c1)OCO2. The fourth-order valence-electron chi connectivity index (χ4n) is 3.53. The summed E-state index contributed by atoms with van der Waals surface area (Å²) in [6.45, 7) is 7.28. The van der Waals surface area contributed by atoms with Crippen molar-refractivity contribution in [3.05, 3.63) is 48.3 Å². The third-order valence-electron chi connectivity index (χ3n) is 5.22. The van der Waals surface area contributed by atoms with E-state index in [9.17, 15) is 4.79 Å². The molecule has 1 fully saturated rings. The highest BCUT2D eigenvalue weighted by Crippen LogP contribution is 2.37. The maximum absolute atomic E-state index is 13.2. The van der Waals surface area contributed by atoms with Gasteiger partial charge in [-0.2, -0.15) is 0 Å². The van der Waals surface area contributed by atoms with Crippen LogP contribution in [0.4, 0.5) is 5.69 Å². The minimum atomic E-state index is -0.611. The van der Waals surface area contributed by atoms with Gasteiger partial charge in [0.2, 0.25) is 12.7 Å². The van der Waals surface area contributed by atoms with E-state index in [0.29, 0.717) is 5.75 Å². The Labute approximate surface area is 153 Å². The second kappa shape index (κ2) is 6.52. The van der Waals surface area contributed by atoms with Crippen LogP contribution in [-0.4, -0.2) is 48.8 Å². The highest BCUT2D eigenvalue weighted by molar-refractivity contribution is 5.88. The number of aromatic nitrogens is 1. The number of hydrogen-bond acceptors (Lipinski definition) is 5. The predicted octanol–water partition coefficient (Wildman–Crippen LogP) is 2.44. The fraction of sp³-hybridized carbons (Fsp3) is 0.400. The molecule has 136 valence electrons. The van der Waals surface area contributed by atoms with Gasteiger partial charge in [0, 0.05) is 44.3 Å². The molecule has 2 aromatic rings. The topological polar surface area (TPSA) is 54.9 Å². The lowest BCUT2D eigenvalue weighted by atomic mass is 9.82. The molecule has 0 aliphatic carbocycles. The van der Waals surface area contributed by atoms with Gasteiger partial charge in [-0.3, -0.25) is 9.78 Å². The summed E-state index contributed by atoms with van der Waals surface area (Å²) in [5, 5.41) is 0. The van der Waals surface area contributed by atoms with Crippen molar-refractivity contribution in [2.24, 2.45) is 0 Å². The molecule has 6 nitrogen and oxygen atoms in total. The van der Waals surface area contributed by atoms with E-state index < -0.39 is 5.41 Å². The first-order valence-electron chi connectivity index (χ1n) is 8.90. The number of pyridine rings is 1. The summed E-state index contributed by atoms with van der Waals surface area (Å²) >= 11 is 0. The van der Waals surface area contributed by atoms with Gasteiger partial charge in [-0.05, 0) is 43.7 Å². The molecule has 0 radical (unpaired) electrons. The van der Waals surface area contributed by atoms with Crippen molar-refractivity contribution in [2.45, 2.75) is 19.3 Å². The average molecular weight is 353 g/mol. The van der Waals surface area contributed by atoms with Crippen molar-refractivity contribution in [3.63, 3.8) is 0 Å². The maximum Gasteiger partial charge on any atom is 0.232 e. The Balaban J connectivity index is 1.46. The van der Waals surface area contributed by atoms with Crippen LogP contribution in [0.1, 0.15) is 19.4 Å². The third-order valence-corrected chi connectivity index (χ3v) is 5.22. The number of benzene rings is 1. The molecule has 2 aliphatic rings. The minimum absolute atomic E-state index is 0.144. The lowest BCUT2D eigenvalue weighted by Gasteiger charge is -2.39. The lowest BCUT2D eigenvalue weighted by Crippen LogP contribution is -2.53. The molecule has 0 atom stereocenters. The summed E-state index contributed by atoms with van der Waals surface area (Å²) < 4.78 is 10.8. The quantitative estimate of drug-likeness (QED) is 0.848. The Morgan fingerprint density at radius 1 is 1.00 bits per heavy atom. The first-order chi connectivity index (χ1) is 12.6. The Kier molecular flexibility index (Phi) is 4.18. The number of hydrogen-bond donors (Lipinski definition) is 0. The van der Waals surface area contributed by atoms with Gasteiger partial charge in [0.05, 0.1) is 5.41 Å². The van der Waals surface area contributed by atoms with E-state index in [2.05, 4.69) is 9.88 Å². The zero-order valence-corrected chi connectivity index (χ0v) is 15.1. The molecule has 0 N–H and O–H groups in total. The van der Waals surface area contributed by atoms with Crippen LogP contribution < -0.4 is 14.4 Å². The number of anilines is 1. The van der Waals surface area contributed by atoms with Crippen molar-refractivity contribution >= 4 is 11.6 Å². The number of piperazine rings is 1. The van der Waals surface area contributed by atoms with Crippen LogP contribution in [0.25, 0.3) is 0 Å². The second-order valence-corrected chi connectivity index (χ2v) is 7.18. The van der Waals surface area contributed by atoms with Gasteiger partial charge in [-0.25, -0.2) is 0 Å². The Bertz CT molecular complexity index is 799. The number of carbonyl (C=O) groups is 1. The molecule has 4 rings (SSSR count). The fourth-order valence-corrected chi connectivity index (χ4v) is 3.53. The van der Waals surface area contributed by atoms with Crippen molar-refractivity contribution in [3.8, 4) is 11.5 Å². The number of amides is 1. The van der Waals surface area contributed by atoms with Gasteiger partial charge in [-0.1, -0.05) is 6.07 Å². The van der Waals surface area contributed by atoms with Crippen molar-refractivity contribution < 1.29 is 14.3 Å². The molecule has 0 saturated carbocycles.